The van der Waals surface area contributed by atoms with Crippen LogP contribution < -0.4 is 4.74 Å². The van der Waals surface area contributed by atoms with E-state index in [0.717, 1.165) is 27.8 Å². The molecule has 0 amide bonds. The lowest BCUT2D eigenvalue weighted by atomic mass is 9.69. The van der Waals surface area contributed by atoms with Crippen LogP contribution in [0.25, 0.3) is 0 Å². The molecule has 6 atom stereocenters. The lowest BCUT2D eigenvalue weighted by molar-refractivity contribution is 0.221. The first-order valence-corrected chi connectivity index (χ1v) is 16.6. The van der Waals surface area contributed by atoms with Crippen molar-refractivity contribution in [3.05, 3.63) is 159 Å². The van der Waals surface area contributed by atoms with Gasteiger partial charge in [0, 0.05) is 58.6 Å². The maximum Gasteiger partial charge on any atom is 0.135 e. The van der Waals surface area contributed by atoms with E-state index in [9.17, 15) is 40.9 Å². The lowest BCUT2D eigenvalue weighted by Crippen LogP contribution is -2.20. The minimum Gasteiger partial charge on any atom is -0.508 e. The van der Waals surface area contributed by atoms with Crippen LogP contribution in [0, 0.1) is 0 Å². The van der Waals surface area contributed by atoms with E-state index in [4.69, 9.17) is 4.74 Å². The van der Waals surface area contributed by atoms with Crippen LogP contribution in [-0.4, -0.2) is 40.9 Å². The minimum atomic E-state index is -0.693. The number of rotatable bonds is 4. The second-order valence-corrected chi connectivity index (χ2v) is 13.7. The third-order valence-electron chi connectivity index (χ3n) is 10.9. The van der Waals surface area contributed by atoms with Crippen molar-refractivity contribution in [3.8, 4) is 51.7 Å². The molecule has 2 aliphatic carbocycles. The molecule has 1 heterocycles. The topological polar surface area (TPSA) is 171 Å². The summed E-state index contributed by atoms with van der Waals surface area (Å²) in [5.74, 6) is -3.02. The van der Waals surface area contributed by atoms with Crippen LogP contribution in [0.1, 0.15) is 85.8 Å². The molecule has 1 unspecified atom stereocenters. The molecule has 51 heavy (non-hydrogen) atoms. The average molecular weight is 681 g/mol. The van der Waals surface area contributed by atoms with Gasteiger partial charge in [0.05, 0.1) is 5.92 Å². The summed E-state index contributed by atoms with van der Waals surface area (Å²) in [6, 6.07) is 29.1. The Morgan fingerprint density at radius 2 is 0.863 bits per heavy atom. The van der Waals surface area contributed by atoms with E-state index in [2.05, 4.69) is 0 Å². The first-order chi connectivity index (χ1) is 24.6. The number of phenolic OH excluding ortho intramolecular Hbond substituents is 8. The SMILES string of the molecule is Oc1ccc([C@H]2c3c(O)cc(O)cc3[C@H]3c4c(cc(O)c5c4C2[C@@H](c2ccc(O)cc2)[C@@H]5c2cc(O)cc(O)c2)O[C@@H]3c2ccc(O)cc2)cc1. The van der Waals surface area contributed by atoms with Crippen molar-refractivity contribution in [2.75, 3.05) is 0 Å². The number of phenols is 8. The van der Waals surface area contributed by atoms with Gasteiger partial charge in [-0.2, -0.15) is 0 Å². The third-order valence-corrected chi connectivity index (χ3v) is 10.9. The Kier molecular flexibility index (Phi) is 6.60. The highest BCUT2D eigenvalue weighted by atomic mass is 16.5. The molecular formula is C42H32O9. The van der Waals surface area contributed by atoms with E-state index < -0.39 is 35.7 Å². The van der Waals surface area contributed by atoms with Gasteiger partial charge in [-0.05, 0) is 88.0 Å². The molecule has 9 heteroatoms. The summed E-state index contributed by atoms with van der Waals surface area (Å²) < 4.78 is 6.70. The Bertz CT molecular complexity index is 2330. The molecule has 8 N–H and O–H groups in total. The fourth-order valence-corrected chi connectivity index (χ4v) is 9.08. The monoisotopic (exact) mass is 680 g/mol. The predicted molar refractivity (Wildman–Crippen MR) is 186 cm³/mol. The van der Waals surface area contributed by atoms with Crippen LogP contribution in [0.5, 0.6) is 51.7 Å². The zero-order valence-electron chi connectivity index (χ0n) is 26.8. The quantitative estimate of drug-likeness (QED) is 0.0927. The van der Waals surface area contributed by atoms with E-state index in [0.29, 0.717) is 28.0 Å². The Morgan fingerprint density at radius 1 is 0.353 bits per heavy atom. The molecule has 0 saturated heterocycles. The van der Waals surface area contributed by atoms with Crippen LogP contribution in [-0.2, 0) is 0 Å². The summed E-state index contributed by atoms with van der Waals surface area (Å²) in [5.41, 5.74) is 6.00. The van der Waals surface area contributed by atoms with Crippen LogP contribution in [0.4, 0.5) is 0 Å². The van der Waals surface area contributed by atoms with Crippen LogP contribution in [0.15, 0.2) is 109 Å². The van der Waals surface area contributed by atoms with Crippen molar-refractivity contribution in [1.29, 1.82) is 0 Å². The molecule has 3 aliphatic rings. The van der Waals surface area contributed by atoms with Gasteiger partial charge >= 0.3 is 0 Å². The largest absolute Gasteiger partial charge is 0.508 e. The molecule has 0 aromatic heterocycles. The zero-order chi connectivity index (χ0) is 35.3. The Hall–Kier alpha value is -6.48. The fourth-order valence-electron chi connectivity index (χ4n) is 9.08. The van der Waals surface area contributed by atoms with E-state index in [1.807, 2.05) is 12.1 Å². The van der Waals surface area contributed by atoms with Crippen LogP contribution in [0.2, 0.25) is 0 Å². The van der Waals surface area contributed by atoms with Crippen molar-refractivity contribution in [2.45, 2.75) is 35.7 Å². The third kappa shape index (κ3) is 4.61. The normalized spacial score (nSPS) is 22.5. The highest BCUT2D eigenvalue weighted by Gasteiger charge is 2.56. The second kappa shape index (κ2) is 11.0. The summed E-state index contributed by atoms with van der Waals surface area (Å²) in [7, 11) is 0. The Morgan fingerprint density at radius 3 is 1.47 bits per heavy atom. The molecule has 6 aromatic carbocycles. The molecule has 0 bridgehead atoms. The molecule has 0 radical (unpaired) electrons. The van der Waals surface area contributed by atoms with Crippen molar-refractivity contribution >= 4 is 0 Å². The first-order valence-electron chi connectivity index (χ1n) is 16.6. The second-order valence-electron chi connectivity index (χ2n) is 13.7. The van der Waals surface area contributed by atoms with Gasteiger partial charge in [-0.25, -0.2) is 0 Å². The van der Waals surface area contributed by atoms with Crippen molar-refractivity contribution in [2.24, 2.45) is 0 Å². The highest BCUT2D eigenvalue weighted by Crippen LogP contribution is 2.70. The maximum atomic E-state index is 12.1. The maximum absolute atomic E-state index is 12.1. The lowest BCUT2D eigenvalue weighted by Gasteiger charge is -2.34. The number of ether oxygens (including phenoxy) is 1. The summed E-state index contributed by atoms with van der Waals surface area (Å²) >= 11 is 0. The Balaban J connectivity index is 1.44. The number of aromatic hydroxyl groups is 8. The van der Waals surface area contributed by atoms with Gasteiger partial charge in [-0.3, -0.25) is 0 Å². The van der Waals surface area contributed by atoms with Gasteiger partial charge in [0.25, 0.3) is 0 Å². The zero-order valence-corrected chi connectivity index (χ0v) is 26.8. The number of benzene rings is 6. The van der Waals surface area contributed by atoms with Crippen molar-refractivity contribution in [1.82, 2.24) is 0 Å². The van der Waals surface area contributed by atoms with Crippen molar-refractivity contribution in [3.63, 3.8) is 0 Å². The van der Waals surface area contributed by atoms with Gasteiger partial charge in [0.15, 0.2) is 0 Å². The summed E-state index contributed by atoms with van der Waals surface area (Å²) in [5, 5.41) is 87.5. The first kappa shape index (κ1) is 30.6. The molecular weight excluding hydrogens is 648 g/mol. The van der Waals surface area contributed by atoms with Gasteiger partial charge in [0.2, 0.25) is 0 Å². The molecule has 9 nitrogen and oxygen atoms in total. The van der Waals surface area contributed by atoms with E-state index in [1.54, 1.807) is 84.9 Å². The minimum absolute atomic E-state index is 0.0537. The Labute approximate surface area is 291 Å². The summed E-state index contributed by atoms with van der Waals surface area (Å²) in [6.07, 6.45) is -0.693. The smallest absolute Gasteiger partial charge is 0.135 e. The molecule has 254 valence electrons. The van der Waals surface area contributed by atoms with E-state index in [-0.39, 0.29) is 46.0 Å². The standard InChI is InChI=1S/C42H32O9/c43-23-7-1-19(2-8-23)33-35(22-13-26(46)15-27(47)14-22)38-31(50)18-32-39-37(42(51-32)21-5-11-25(45)12-6-21)29-16-28(48)17-30(49)36(29)34(40(33)41(38)39)20-3-9-24(44)10-4-20/h1-18,33-35,37,40,42-50H/t33-,34-,35-,37-,40?,42+/m0/s1. The van der Waals surface area contributed by atoms with Crippen molar-refractivity contribution < 1.29 is 45.6 Å². The highest BCUT2D eigenvalue weighted by molar-refractivity contribution is 5.72. The van der Waals surface area contributed by atoms with Gasteiger partial charge in [-0.1, -0.05) is 36.4 Å². The summed E-state index contributed by atoms with van der Waals surface area (Å²) in [6.45, 7) is 0. The summed E-state index contributed by atoms with van der Waals surface area (Å²) in [4.78, 5) is 0. The van der Waals surface area contributed by atoms with Crippen LogP contribution >= 0.6 is 0 Å². The average Bonchev–Trinajstić information content (AvgIpc) is 3.60. The molecule has 9 rings (SSSR count). The van der Waals surface area contributed by atoms with Gasteiger partial charge in [-0.15, -0.1) is 0 Å². The number of hydrogen-bond donors (Lipinski definition) is 8. The van der Waals surface area contributed by atoms with Gasteiger partial charge in [0.1, 0.15) is 57.8 Å². The molecule has 0 fully saturated rings. The molecule has 0 spiro atoms. The number of hydrogen-bond acceptors (Lipinski definition) is 9. The molecule has 0 saturated carbocycles. The van der Waals surface area contributed by atoms with Gasteiger partial charge < -0.3 is 45.6 Å². The van der Waals surface area contributed by atoms with E-state index >= 15 is 0 Å². The predicted octanol–water partition coefficient (Wildman–Crippen LogP) is 7.76. The van der Waals surface area contributed by atoms with E-state index in [1.165, 1.54) is 12.1 Å². The fraction of sp³-hybridized carbons (Fsp3) is 0.143. The molecule has 1 aliphatic heterocycles. The number of fused-ring (bicyclic) bond motifs is 2. The molecule has 6 aromatic rings. The van der Waals surface area contributed by atoms with Crippen LogP contribution in [0.3, 0.4) is 0 Å².